The van der Waals surface area contributed by atoms with E-state index in [1.165, 1.54) is 12.1 Å². The van der Waals surface area contributed by atoms with Crippen molar-refractivity contribution in [2.75, 3.05) is 16.8 Å². The maximum Gasteiger partial charge on any atom is 0.250 e. The Bertz CT molecular complexity index is 1400. The van der Waals surface area contributed by atoms with Crippen LogP contribution in [0.25, 0.3) is 22.0 Å². The zero-order chi connectivity index (χ0) is 23.3. The Morgan fingerprint density at radius 1 is 1.09 bits per heavy atom. The number of sulfone groups is 1. The van der Waals surface area contributed by atoms with Gasteiger partial charge in [0.15, 0.2) is 0 Å². The third-order valence-corrected chi connectivity index (χ3v) is 8.29. The Morgan fingerprint density at radius 2 is 1.85 bits per heavy atom. The summed E-state index contributed by atoms with van der Waals surface area (Å²) < 4.78 is 39.2. The lowest BCUT2D eigenvalue weighted by molar-refractivity contribution is 0.0889. The van der Waals surface area contributed by atoms with Crippen molar-refractivity contribution in [3.05, 3.63) is 53.5 Å². The van der Waals surface area contributed by atoms with Crippen LogP contribution in [0, 0.1) is 5.82 Å². The number of hydrogen-bond acceptors (Lipinski definition) is 5. The maximum absolute atomic E-state index is 14.0. The fraction of sp³-hybridized carbons (Fsp3) is 0.333. The van der Waals surface area contributed by atoms with Gasteiger partial charge in [-0.25, -0.2) is 12.8 Å². The molecule has 0 unspecified atom stereocenters. The van der Waals surface area contributed by atoms with Crippen molar-refractivity contribution in [3.63, 3.8) is 0 Å². The smallest absolute Gasteiger partial charge is 0.250 e. The molecule has 0 atom stereocenters. The highest BCUT2D eigenvalue weighted by Crippen LogP contribution is 2.39. The first-order chi connectivity index (χ1) is 15.7. The molecule has 1 saturated heterocycles. The average molecular weight is 470 g/mol. The first-order valence-corrected chi connectivity index (χ1v) is 12.8. The quantitative estimate of drug-likeness (QED) is 0.607. The SMILES string of the molecule is NC(=O)c1ccc(-c2c3n(c4cc(F)ccc24)C(=O)CCC3)cc1NC1CCS(=O)(=O)CC1. The topological polar surface area (TPSA) is 111 Å². The van der Waals surface area contributed by atoms with E-state index in [1.54, 1.807) is 22.8 Å². The van der Waals surface area contributed by atoms with Gasteiger partial charge in [-0.15, -0.1) is 0 Å². The van der Waals surface area contributed by atoms with E-state index in [9.17, 15) is 22.4 Å². The highest BCUT2D eigenvalue weighted by molar-refractivity contribution is 7.91. The second-order valence-electron chi connectivity index (χ2n) is 8.76. The van der Waals surface area contributed by atoms with E-state index < -0.39 is 21.6 Å². The molecule has 7 nitrogen and oxygen atoms in total. The molecule has 2 aromatic carbocycles. The van der Waals surface area contributed by atoms with Gasteiger partial charge in [0.2, 0.25) is 5.91 Å². The molecule has 0 bridgehead atoms. The van der Waals surface area contributed by atoms with Crippen molar-refractivity contribution in [2.24, 2.45) is 5.73 Å². The molecule has 1 amide bonds. The number of rotatable bonds is 4. The fourth-order valence-corrected chi connectivity index (χ4v) is 6.46. The number of fused-ring (bicyclic) bond motifs is 3. The predicted molar refractivity (Wildman–Crippen MR) is 125 cm³/mol. The van der Waals surface area contributed by atoms with Gasteiger partial charge >= 0.3 is 0 Å². The number of carbonyl (C=O) groups excluding carboxylic acids is 2. The third kappa shape index (κ3) is 3.90. The summed E-state index contributed by atoms with van der Waals surface area (Å²) in [6, 6.07) is 9.59. The number of nitrogens with two attached hydrogens (primary N) is 1. The summed E-state index contributed by atoms with van der Waals surface area (Å²) in [6.45, 7) is 0. The summed E-state index contributed by atoms with van der Waals surface area (Å²) >= 11 is 0. The number of anilines is 1. The summed E-state index contributed by atoms with van der Waals surface area (Å²) in [4.78, 5) is 24.8. The molecule has 3 N–H and O–H groups in total. The van der Waals surface area contributed by atoms with Crippen LogP contribution in [0.3, 0.4) is 0 Å². The summed E-state index contributed by atoms with van der Waals surface area (Å²) in [5, 5.41) is 4.08. The van der Waals surface area contributed by atoms with E-state index in [2.05, 4.69) is 5.32 Å². The van der Waals surface area contributed by atoms with Crippen molar-refractivity contribution >= 4 is 38.2 Å². The van der Waals surface area contributed by atoms with Crippen LogP contribution in [-0.4, -0.2) is 42.3 Å². The van der Waals surface area contributed by atoms with Crippen molar-refractivity contribution in [2.45, 2.75) is 38.1 Å². The van der Waals surface area contributed by atoms with Crippen LogP contribution in [0.4, 0.5) is 10.1 Å². The van der Waals surface area contributed by atoms with Crippen molar-refractivity contribution in [1.82, 2.24) is 4.57 Å². The number of nitrogens with zero attached hydrogens (tertiary/aromatic N) is 1. The first kappa shape index (κ1) is 21.6. The molecule has 9 heteroatoms. The van der Waals surface area contributed by atoms with Gasteiger partial charge in [0.05, 0.1) is 22.6 Å². The molecule has 33 heavy (non-hydrogen) atoms. The minimum Gasteiger partial charge on any atom is -0.382 e. The number of hydrogen-bond donors (Lipinski definition) is 2. The van der Waals surface area contributed by atoms with Crippen molar-refractivity contribution in [1.29, 1.82) is 0 Å². The van der Waals surface area contributed by atoms with Crippen molar-refractivity contribution < 1.29 is 22.4 Å². The third-order valence-electron chi connectivity index (χ3n) is 6.57. The summed E-state index contributed by atoms with van der Waals surface area (Å²) in [5.41, 5.74) is 9.43. The molecule has 3 aromatic rings. The molecule has 0 saturated carbocycles. The molecule has 172 valence electrons. The molecule has 1 fully saturated rings. The van der Waals surface area contributed by atoms with E-state index in [4.69, 9.17) is 5.73 Å². The average Bonchev–Trinajstić information content (AvgIpc) is 3.09. The predicted octanol–water partition coefficient (Wildman–Crippen LogP) is 3.51. The lowest BCUT2D eigenvalue weighted by Crippen LogP contribution is -2.32. The maximum atomic E-state index is 14.0. The summed E-state index contributed by atoms with van der Waals surface area (Å²) in [5.74, 6) is -0.864. The lowest BCUT2D eigenvalue weighted by atomic mass is 9.96. The van der Waals surface area contributed by atoms with E-state index in [1.807, 2.05) is 6.07 Å². The Labute approximate surface area is 190 Å². The summed E-state index contributed by atoms with van der Waals surface area (Å²) in [7, 11) is -3.02. The molecule has 0 radical (unpaired) electrons. The zero-order valence-corrected chi connectivity index (χ0v) is 18.8. The summed E-state index contributed by atoms with van der Waals surface area (Å²) in [6.07, 6.45) is 2.70. The molecule has 2 aliphatic heterocycles. The second-order valence-corrected chi connectivity index (χ2v) is 11.1. The highest BCUT2D eigenvalue weighted by atomic mass is 32.2. The molecule has 0 spiro atoms. The monoisotopic (exact) mass is 469 g/mol. The lowest BCUT2D eigenvalue weighted by Gasteiger charge is -2.25. The van der Waals surface area contributed by atoms with E-state index >= 15 is 0 Å². The molecular formula is C24H24FN3O4S. The Hall–Kier alpha value is -3.20. The van der Waals surface area contributed by atoms with Gasteiger partial charge in [-0.1, -0.05) is 6.07 Å². The second kappa shape index (κ2) is 7.98. The molecule has 1 aromatic heterocycles. The van der Waals surface area contributed by atoms with Crippen LogP contribution < -0.4 is 11.1 Å². The van der Waals surface area contributed by atoms with Gasteiger partial charge in [-0.2, -0.15) is 0 Å². The van der Waals surface area contributed by atoms with Crippen LogP contribution >= 0.6 is 0 Å². The molecule has 0 aliphatic carbocycles. The molecule has 3 heterocycles. The standard InChI is InChI=1S/C24H24FN3O4S/c25-15-5-7-18-21(13-15)28-20(2-1-3-22(28)29)23(18)14-4-6-17(24(26)30)19(12-14)27-16-8-10-33(31,32)11-9-16/h4-7,12-13,16,27H,1-3,8-11H2,(H2,26,30). The molecule has 5 rings (SSSR count). The van der Waals surface area contributed by atoms with Gasteiger partial charge < -0.3 is 11.1 Å². The number of amides is 1. The Balaban J connectivity index is 1.63. The Morgan fingerprint density at radius 3 is 2.58 bits per heavy atom. The van der Waals surface area contributed by atoms with Gasteiger partial charge in [-0.3, -0.25) is 14.2 Å². The largest absolute Gasteiger partial charge is 0.382 e. The van der Waals surface area contributed by atoms with Gasteiger partial charge in [0.1, 0.15) is 15.7 Å². The fourth-order valence-electron chi connectivity index (χ4n) is 4.96. The van der Waals surface area contributed by atoms with Crippen LogP contribution in [-0.2, 0) is 16.3 Å². The number of primary amides is 1. The number of halogens is 1. The van der Waals surface area contributed by atoms with Crippen LogP contribution in [0.15, 0.2) is 36.4 Å². The number of benzene rings is 2. The normalized spacial score (nSPS) is 18.3. The number of nitrogens with one attached hydrogen (secondary N) is 1. The molecular weight excluding hydrogens is 445 g/mol. The minimum atomic E-state index is -3.02. The van der Waals surface area contributed by atoms with Crippen LogP contribution in [0.2, 0.25) is 0 Å². The highest BCUT2D eigenvalue weighted by Gasteiger charge is 2.28. The van der Waals surface area contributed by atoms with Crippen LogP contribution in [0.1, 0.15) is 46.5 Å². The Kier molecular flexibility index (Phi) is 5.23. The number of aromatic nitrogens is 1. The van der Waals surface area contributed by atoms with Gasteiger partial charge in [-0.05, 0) is 61.6 Å². The zero-order valence-electron chi connectivity index (χ0n) is 17.9. The van der Waals surface area contributed by atoms with Gasteiger partial charge in [0.25, 0.3) is 5.91 Å². The minimum absolute atomic E-state index is 0.0615. The molecule has 2 aliphatic rings. The van der Waals surface area contributed by atoms with Crippen molar-refractivity contribution in [3.8, 4) is 11.1 Å². The number of carbonyl (C=O) groups is 2. The van der Waals surface area contributed by atoms with E-state index in [0.29, 0.717) is 48.9 Å². The van der Waals surface area contributed by atoms with E-state index in [0.717, 1.165) is 22.2 Å². The van der Waals surface area contributed by atoms with Gasteiger partial charge in [0, 0.05) is 34.8 Å². The van der Waals surface area contributed by atoms with Crippen LogP contribution in [0.5, 0.6) is 0 Å². The first-order valence-electron chi connectivity index (χ1n) is 11.0. The van der Waals surface area contributed by atoms with E-state index in [-0.39, 0.29) is 23.5 Å².